The molecular formula is C20H19ClN6O2. The zero-order chi connectivity index (χ0) is 20.5. The highest BCUT2D eigenvalue weighted by Gasteiger charge is 2.15. The van der Waals surface area contributed by atoms with E-state index in [0.717, 1.165) is 22.4 Å². The van der Waals surface area contributed by atoms with Crippen LogP contribution in [0.4, 0.5) is 0 Å². The van der Waals surface area contributed by atoms with Crippen LogP contribution in [0, 0.1) is 6.92 Å². The number of hydrogen-bond acceptors (Lipinski definition) is 5. The Morgan fingerprint density at radius 2 is 1.79 bits per heavy atom. The highest BCUT2D eigenvalue weighted by Crippen LogP contribution is 2.26. The van der Waals surface area contributed by atoms with Crippen LogP contribution in [0.15, 0.2) is 53.3 Å². The van der Waals surface area contributed by atoms with E-state index in [1.807, 2.05) is 62.5 Å². The van der Waals surface area contributed by atoms with Crippen molar-refractivity contribution in [1.82, 2.24) is 29.6 Å². The van der Waals surface area contributed by atoms with Crippen molar-refractivity contribution in [2.45, 2.75) is 13.5 Å². The number of benzene rings is 2. The highest BCUT2D eigenvalue weighted by molar-refractivity contribution is 6.30. The molecule has 0 atom stereocenters. The minimum Gasteiger partial charge on any atom is -0.473 e. The Kier molecular flexibility index (Phi) is 4.94. The number of halogens is 1. The molecule has 0 aliphatic rings. The first-order valence-corrected chi connectivity index (χ1v) is 9.32. The van der Waals surface area contributed by atoms with Crippen molar-refractivity contribution in [3.05, 3.63) is 75.2 Å². The Bertz CT molecular complexity index is 1220. The van der Waals surface area contributed by atoms with Gasteiger partial charge in [0.2, 0.25) is 5.88 Å². The summed E-state index contributed by atoms with van der Waals surface area (Å²) in [6.45, 7) is 2.22. The summed E-state index contributed by atoms with van der Waals surface area (Å²) in [6.07, 6.45) is 0. The van der Waals surface area contributed by atoms with Gasteiger partial charge in [-0.1, -0.05) is 35.9 Å². The normalized spacial score (nSPS) is 11.0. The smallest absolute Gasteiger partial charge is 0.368 e. The van der Waals surface area contributed by atoms with Gasteiger partial charge in [-0.05, 0) is 41.1 Å². The second-order valence-electron chi connectivity index (χ2n) is 6.66. The van der Waals surface area contributed by atoms with Crippen molar-refractivity contribution in [2.75, 3.05) is 0 Å². The largest absolute Gasteiger partial charge is 0.473 e. The summed E-state index contributed by atoms with van der Waals surface area (Å²) in [4.78, 5) is 12.3. The molecule has 0 fully saturated rings. The average Bonchev–Trinajstić information content (AvgIpc) is 3.24. The van der Waals surface area contributed by atoms with Crippen molar-refractivity contribution in [2.24, 2.45) is 14.1 Å². The third-order valence-corrected chi connectivity index (χ3v) is 4.93. The summed E-state index contributed by atoms with van der Waals surface area (Å²) >= 11 is 5.96. The Morgan fingerprint density at radius 3 is 2.48 bits per heavy atom. The molecule has 0 saturated carbocycles. The van der Waals surface area contributed by atoms with Gasteiger partial charge in [0, 0.05) is 36.3 Å². The fourth-order valence-corrected chi connectivity index (χ4v) is 3.16. The highest BCUT2D eigenvalue weighted by atomic mass is 35.5. The van der Waals surface area contributed by atoms with Gasteiger partial charge < -0.3 is 4.74 Å². The Labute approximate surface area is 171 Å². The van der Waals surface area contributed by atoms with E-state index in [1.165, 1.54) is 9.36 Å². The van der Waals surface area contributed by atoms with E-state index < -0.39 is 0 Å². The van der Waals surface area contributed by atoms with Gasteiger partial charge in [-0.2, -0.15) is 14.5 Å². The number of hydrogen-bond donors (Lipinski definition) is 0. The summed E-state index contributed by atoms with van der Waals surface area (Å²) in [5.74, 6) is 0.607. The molecule has 29 heavy (non-hydrogen) atoms. The minimum atomic E-state index is -0.317. The van der Waals surface area contributed by atoms with Crippen LogP contribution in [-0.4, -0.2) is 29.6 Å². The lowest BCUT2D eigenvalue weighted by Gasteiger charge is -2.12. The van der Waals surface area contributed by atoms with Crippen LogP contribution in [0.1, 0.15) is 11.1 Å². The standard InChI is InChI=1S/C20H19ClN6O2/c1-13-5-4-6-18(27-20(28)26(3)23-24-27)16(13)12-29-19-11-17(22-25(19)2)14-7-9-15(21)10-8-14/h4-11H,12H2,1-3H3. The zero-order valence-corrected chi connectivity index (χ0v) is 17.0. The first-order valence-electron chi connectivity index (χ1n) is 8.94. The molecule has 0 saturated heterocycles. The van der Waals surface area contributed by atoms with E-state index in [9.17, 15) is 4.79 Å². The molecular weight excluding hydrogens is 392 g/mol. The third-order valence-electron chi connectivity index (χ3n) is 4.68. The monoisotopic (exact) mass is 410 g/mol. The fraction of sp³-hybridized carbons (Fsp3) is 0.200. The van der Waals surface area contributed by atoms with Crippen LogP contribution >= 0.6 is 11.6 Å². The summed E-state index contributed by atoms with van der Waals surface area (Å²) < 4.78 is 10.2. The molecule has 2 aromatic carbocycles. The predicted octanol–water partition coefficient (Wildman–Crippen LogP) is 2.91. The Balaban J connectivity index is 1.63. The fourth-order valence-electron chi connectivity index (χ4n) is 3.03. The molecule has 2 heterocycles. The van der Waals surface area contributed by atoms with Crippen molar-refractivity contribution >= 4 is 11.6 Å². The Hall–Kier alpha value is -3.39. The second-order valence-corrected chi connectivity index (χ2v) is 7.09. The number of aromatic nitrogens is 6. The van der Waals surface area contributed by atoms with Gasteiger partial charge in [-0.25, -0.2) is 9.48 Å². The lowest BCUT2D eigenvalue weighted by atomic mass is 10.1. The van der Waals surface area contributed by atoms with E-state index in [0.29, 0.717) is 16.6 Å². The van der Waals surface area contributed by atoms with Crippen LogP contribution in [0.5, 0.6) is 5.88 Å². The van der Waals surface area contributed by atoms with Crippen molar-refractivity contribution < 1.29 is 4.74 Å². The van der Waals surface area contributed by atoms with E-state index in [4.69, 9.17) is 16.3 Å². The maximum atomic E-state index is 12.3. The molecule has 0 aliphatic heterocycles. The summed E-state index contributed by atoms with van der Waals surface area (Å²) in [5.41, 5.74) is 3.90. The maximum absolute atomic E-state index is 12.3. The summed E-state index contributed by atoms with van der Waals surface area (Å²) in [6, 6.07) is 15.0. The van der Waals surface area contributed by atoms with E-state index in [-0.39, 0.29) is 12.3 Å². The van der Waals surface area contributed by atoms with E-state index in [1.54, 1.807) is 11.7 Å². The van der Waals surface area contributed by atoms with Gasteiger partial charge in [0.15, 0.2) is 0 Å². The number of tetrazole rings is 1. The third kappa shape index (κ3) is 3.66. The van der Waals surface area contributed by atoms with Crippen molar-refractivity contribution in [1.29, 1.82) is 0 Å². The lowest BCUT2D eigenvalue weighted by molar-refractivity contribution is 0.277. The minimum absolute atomic E-state index is 0.255. The molecule has 9 heteroatoms. The van der Waals surface area contributed by atoms with Crippen molar-refractivity contribution in [3.63, 3.8) is 0 Å². The molecule has 0 bridgehead atoms. The number of rotatable bonds is 5. The van der Waals surface area contributed by atoms with E-state index in [2.05, 4.69) is 15.5 Å². The van der Waals surface area contributed by atoms with Crippen LogP contribution in [0.3, 0.4) is 0 Å². The van der Waals surface area contributed by atoms with Crippen molar-refractivity contribution in [3.8, 4) is 22.8 Å². The first-order chi connectivity index (χ1) is 13.9. The SMILES string of the molecule is Cc1cccc(-n2nnn(C)c2=O)c1COc1cc(-c2ccc(Cl)cc2)nn1C. The molecule has 2 aromatic heterocycles. The molecule has 148 valence electrons. The number of aryl methyl sites for hydroxylation is 3. The molecule has 0 unspecified atom stereocenters. The molecule has 0 N–H and O–H groups in total. The second kappa shape index (κ2) is 7.56. The predicted molar refractivity (Wildman–Crippen MR) is 109 cm³/mol. The Morgan fingerprint density at radius 1 is 1.03 bits per heavy atom. The van der Waals surface area contributed by atoms with Gasteiger partial charge >= 0.3 is 5.69 Å². The lowest BCUT2D eigenvalue weighted by Crippen LogP contribution is -2.23. The molecule has 0 spiro atoms. The quantitative estimate of drug-likeness (QED) is 0.505. The molecule has 4 aromatic rings. The zero-order valence-electron chi connectivity index (χ0n) is 16.2. The average molecular weight is 411 g/mol. The van der Waals surface area contributed by atoms with Crippen LogP contribution in [0.25, 0.3) is 16.9 Å². The van der Waals surface area contributed by atoms with Crippen LogP contribution in [-0.2, 0) is 20.7 Å². The first kappa shape index (κ1) is 18.9. The summed E-state index contributed by atoms with van der Waals surface area (Å²) in [7, 11) is 3.38. The summed E-state index contributed by atoms with van der Waals surface area (Å²) in [5, 5.41) is 12.9. The van der Waals surface area contributed by atoms with Gasteiger partial charge in [0.05, 0.1) is 11.4 Å². The number of ether oxygens (including phenoxy) is 1. The van der Waals surface area contributed by atoms with Crippen LogP contribution < -0.4 is 10.4 Å². The number of nitrogens with zero attached hydrogens (tertiary/aromatic N) is 6. The molecule has 8 nitrogen and oxygen atoms in total. The van der Waals surface area contributed by atoms with Gasteiger partial charge in [-0.15, -0.1) is 0 Å². The maximum Gasteiger partial charge on any atom is 0.368 e. The molecule has 0 amide bonds. The topological polar surface area (TPSA) is 79.8 Å². The van der Waals surface area contributed by atoms with Gasteiger partial charge in [0.25, 0.3) is 0 Å². The molecule has 0 aliphatic carbocycles. The van der Waals surface area contributed by atoms with Crippen LogP contribution in [0.2, 0.25) is 5.02 Å². The van der Waals surface area contributed by atoms with Gasteiger partial charge in [0.1, 0.15) is 6.61 Å². The molecule has 0 radical (unpaired) electrons. The molecule has 4 rings (SSSR count). The van der Waals surface area contributed by atoms with Gasteiger partial charge in [-0.3, -0.25) is 0 Å². The van der Waals surface area contributed by atoms with E-state index >= 15 is 0 Å².